The first-order valence-electron chi connectivity index (χ1n) is 22.1. The molecule has 1 saturated carbocycles. The van der Waals surface area contributed by atoms with Gasteiger partial charge in [-0.25, -0.2) is 4.79 Å². The summed E-state index contributed by atoms with van der Waals surface area (Å²) in [6.45, 7) is 5.61. The van der Waals surface area contributed by atoms with Gasteiger partial charge in [0.15, 0.2) is 0 Å². The Morgan fingerprint density at radius 2 is 0.923 bits per heavy atom. The number of carbonyl (C=O) groups excluding carboxylic acids is 2. The Morgan fingerprint density at radius 1 is 0.508 bits per heavy atom. The summed E-state index contributed by atoms with van der Waals surface area (Å²) in [5, 5.41) is 0. The lowest BCUT2D eigenvalue weighted by Crippen LogP contribution is -2.30. The van der Waals surface area contributed by atoms with Gasteiger partial charge in [0.1, 0.15) is 23.0 Å². The molecule has 0 atom stereocenters. The Bertz CT molecular complexity index is 2700. The van der Waals surface area contributed by atoms with E-state index < -0.39 is 6.16 Å². The quantitative estimate of drug-likeness (QED) is 0.0495. The maximum Gasteiger partial charge on any atom is 0.519 e. The number of aryl methyl sites for hydroxylation is 2. The van der Waals surface area contributed by atoms with Crippen LogP contribution in [0.1, 0.15) is 78.0 Å². The number of esters is 1. The fourth-order valence-corrected chi connectivity index (χ4v) is 8.62. The molecule has 0 saturated heterocycles. The van der Waals surface area contributed by atoms with Crippen molar-refractivity contribution in [2.45, 2.75) is 58.3 Å². The van der Waals surface area contributed by atoms with Gasteiger partial charge in [0.25, 0.3) is 0 Å². The van der Waals surface area contributed by atoms with Crippen LogP contribution in [0, 0.1) is 13.8 Å². The molecule has 0 heterocycles. The normalized spacial score (nSPS) is 13.5. The fourth-order valence-electron chi connectivity index (χ4n) is 8.62. The predicted octanol–water partition coefficient (Wildman–Crippen LogP) is 14.7. The summed E-state index contributed by atoms with van der Waals surface area (Å²) >= 11 is 0. The van der Waals surface area contributed by atoms with Crippen molar-refractivity contribution >= 4 is 40.8 Å². The van der Waals surface area contributed by atoms with E-state index in [-0.39, 0.29) is 11.4 Å². The van der Waals surface area contributed by atoms with Crippen molar-refractivity contribution in [3.8, 4) is 23.0 Å². The van der Waals surface area contributed by atoms with E-state index >= 15 is 0 Å². The Labute approximate surface area is 382 Å². The van der Waals surface area contributed by atoms with Gasteiger partial charge in [0.2, 0.25) is 0 Å². The van der Waals surface area contributed by atoms with E-state index in [2.05, 4.69) is 122 Å². The molecule has 0 amide bonds. The second-order valence-corrected chi connectivity index (χ2v) is 16.5. The maximum atomic E-state index is 13.0. The SMILES string of the molecule is COc1ccc(C(=CC=Cc2ccc(N(c3ccc(C)cc3)c3ccc(C)cc3)cc2)c2ccc(OC(=O)Oc3ccc(C4(c5ccc(OC(C)=O)cc5)CCCCC4)cc3)cc2)cc1. The molecule has 7 aromatic rings. The molecule has 0 spiro atoms. The molecule has 7 heteroatoms. The van der Waals surface area contributed by atoms with E-state index in [1.807, 2.05) is 72.8 Å². The molecule has 326 valence electrons. The number of methoxy groups -OCH3 is 1. The lowest BCUT2D eigenvalue weighted by molar-refractivity contribution is -0.131. The zero-order chi connectivity index (χ0) is 45.2. The van der Waals surface area contributed by atoms with Crippen LogP contribution in [-0.2, 0) is 10.2 Å². The second-order valence-electron chi connectivity index (χ2n) is 16.5. The molecule has 7 nitrogen and oxygen atoms in total. The summed E-state index contributed by atoms with van der Waals surface area (Å²) in [5.41, 5.74) is 11.8. The minimum atomic E-state index is -0.820. The van der Waals surface area contributed by atoms with E-state index in [1.165, 1.54) is 30.0 Å². The lowest BCUT2D eigenvalue weighted by Gasteiger charge is -2.38. The zero-order valence-corrected chi connectivity index (χ0v) is 37.3. The Hall–Kier alpha value is -7.64. The molecule has 1 fully saturated rings. The van der Waals surface area contributed by atoms with Gasteiger partial charge in [-0.2, -0.15) is 0 Å². The highest BCUT2D eigenvalue weighted by molar-refractivity contribution is 5.82. The number of nitrogens with zero attached hydrogens (tertiary/aromatic N) is 1. The van der Waals surface area contributed by atoms with Gasteiger partial charge in [-0.3, -0.25) is 4.79 Å². The van der Waals surface area contributed by atoms with Gasteiger partial charge < -0.3 is 23.8 Å². The van der Waals surface area contributed by atoms with Crippen molar-refractivity contribution < 1.29 is 28.5 Å². The zero-order valence-electron chi connectivity index (χ0n) is 37.3. The van der Waals surface area contributed by atoms with E-state index in [0.717, 1.165) is 76.3 Å². The first kappa shape index (κ1) is 44.0. The number of hydrogen-bond acceptors (Lipinski definition) is 7. The van der Waals surface area contributed by atoms with Crippen LogP contribution in [0.2, 0.25) is 0 Å². The third-order valence-electron chi connectivity index (χ3n) is 12.0. The summed E-state index contributed by atoms with van der Waals surface area (Å²) in [7, 11) is 1.66. The predicted molar refractivity (Wildman–Crippen MR) is 261 cm³/mol. The smallest absolute Gasteiger partial charge is 0.497 e. The van der Waals surface area contributed by atoms with Crippen LogP contribution < -0.4 is 23.8 Å². The van der Waals surface area contributed by atoms with Crippen LogP contribution in [0.25, 0.3) is 11.6 Å². The summed E-state index contributed by atoms with van der Waals surface area (Å²) in [6, 6.07) is 56.6. The molecule has 0 aromatic heterocycles. The van der Waals surface area contributed by atoms with Gasteiger partial charge in [-0.1, -0.05) is 134 Å². The number of benzene rings is 7. The highest BCUT2D eigenvalue weighted by atomic mass is 16.7. The summed E-state index contributed by atoms with van der Waals surface area (Å²) in [5.74, 6) is 1.72. The van der Waals surface area contributed by atoms with E-state index in [0.29, 0.717) is 17.2 Å². The van der Waals surface area contributed by atoms with Crippen LogP contribution in [-0.4, -0.2) is 19.2 Å². The van der Waals surface area contributed by atoms with Crippen molar-refractivity contribution in [1.29, 1.82) is 0 Å². The lowest BCUT2D eigenvalue weighted by atomic mass is 9.65. The fraction of sp³-hybridized carbons (Fsp3) is 0.172. The van der Waals surface area contributed by atoms with Gasteiger partial charge in [0, 0.05) is 29.4 Å². The van der Waals surface area contributed by atoms with E-state index in [1.54, 1.807) is 19.2 Å². The number of anilines is 3. The molecule has 0 aliphatic heterocycles. The van der Waals surface area contributed by atoms with Gasteiger partial charge in [0.05, 0.1) is 7.11 Å². The molecule has 0 bridgehead atoms. The van der Waals surface area contributed by atoms with E-state index in [4.69, 9.17) is 18.9 Å². The van der Waals surface area contributed by atoms with Crippen LogP contribution in [0.5, 0.6) is 23.0 Å². The van der Waals surface area contributed by atoms with Gasteiger partial charge >= 0.3 is 12.1 Å². The number of ether oxygens (including phenoxy) is 4. The number of hydrogen-bond donors (Lipinski definition) is 0. The van der Waals surface area contributed by atoms with Crippen LogP contribution in [0.3, 0.4) is 0 Å². The van der Waals surface area contributed by atoms with Crippen molar-refractivity contribution in [2.75, 3.05) is 12.0 Å². The number of carbonyl (C=O) groups is 2. The second kappa shape index (κ2) is 20.2. The van der Waals surface area contributed by atoms with Crippen LogP contribution in [0.4, 0.5) is 21.9 Å². The highest BCUT2D eigenvalue weighted by Crippen LogP contribution is 2.46. The molecule has 7 aromatic carbocycles. The van der Waals surface area contributed by atoms with Crippen LogP contribution >= 0.6 is 0 Å². The number of allylic oxidation sites excluding steroid dienone is 2. The molecule has 0 unspecified atom stereocenters. The number of rotatable bonds is 13. The monoisotopic (exact) mass is 859 g/mol. The molecule has 0 N–H and O–H groups in total. The largest absolute Gasteiger partial charge is 0.519 e. The third-order valence-corrected chi connectivity index (χ3v) is 12.0. The molecule has 1 aliphatic rings. The summed E-state index contributed by atoms with van der Waals surface area (Å²) in [4.78, 5) is 26.8. The standard InChI is InChI=1S/C58H53NO6/c1-41-11-25-49(26-12-41)59(50-27-13-42(2)14-28-50)51-29-15-44(16-30-51)9-8-10-56(45-17-31-52(62-4)32-18-45)46-19-33-54(34-20-46)64-57(61)65-55-37-23-48(24-38-55)58(39-6-5-7-40-58)47-21-35-53(36-22-47)63-43(3)60/h8-38H,5-7,39-40H2,1-4H3. The summed E-state index contributed by atoms with van der Waals surface area (Å²) in [6.07, 6.45) is 10.8. The average Bonchev–Trinajstić information content (AvgIpc) is 3.33. The van der Waals surface area contributed by atoms with Gasteiger partial charge in [-0.15, -0.1) is 0 Å². The maximum absolute atomic E-state index is 13.0. The molecular formula is C58H53NO6. The van der Waals surface area contributed by atoms with Crippen LogP contribution in [0.15, 0.2) is 182 Å². The Morgan fingerprint density at radius 3 is 1.37 bits per heavy atom. The molecule has 1 aliphatic carbocycles. The Balaban J connectivity index is 0.960. The summed E-state index contributed by atoms with van der Waals surface area (Å²) < 4.78 is 22.0. The van der Waals surface area contributed by atoms with Crippen molar-refractivity contribution in [3.05, 3.63) is 221 Å². The van der Waals surface area contributed by atoms with E-state index in [9.17, 15) is 9.59 Å². The topological polar surface area (TPSA) is 74.3 Å². The van der Waals surface area contributed by atoms with Crippen molar-refractivity contribution in [2.24, 2.45) is 0 Å². The highest BCUT2D eigenvalue weighted by Gasteiger charge is 2.35. The molecule has 0 radical (unpaired) electrons. The van der Waals surface area contributed by atoms with Crippen molar-refractivity contribution in [1.82, 2.24) is 0 Å². The van der Waals surface area contributed by atoms with Crippen molar-refractivity contribution in [3.63, 3.8) is 0 Å². The Kier molecular flexibility index (Phi) is 13.7. The first-order chi connectivity index (χ1) is 31.7. The van der Waals surface area contributed by atoms with Gasteiger partial charge in [-0.05, 0) is 145 Å². The minimum absolute atomic E-state index is 0.179. The minimum Gasteiger partial charge on any atom is -0.497 e. The molecule has 8 rings (SSSR count). The molecular weight excluding hydrogens is 807 g/mol. The average molecular weight is 860 g/mol. The first-order valence-corrected chi connectivity index (χ1v) is 22.1. The third kappa shape index (κ3) is 10.8. The molecule has 65 heavy (non-hydrogen) atoms.